The predicted molar refractivity (Wildman–Crippen MR) is 75.1 cm³/mol. The number of fused-ring (bicyclic) bond motifs is 1. The van der Waals surface area contributed by atoms with Crippen LogP contribution < -0.4 is 5.73 Å². The Balaban J connectivity index is 1.90. The number of hydrogen-bond acceptors (Lipinski definition) is 3. The van der Waals surface area contributed by atoms with Gasteiger partial charge < -0.3 is 5.73 Å². The molecular formula is C15H13F3N4. The van der Waals surface area contributed by atoms with Crippen molar-refractivity contribution in [1.29, 1.82) is 0 Å². The molecule has 0 fully saturated rings. The van der Waals surface area contributed by atoms with E-state index in [-0.39, 0.29) is 0 Å². The number of nitrogens with two attached hydrogens (primary N) is 1. The first-order valence-electron chi connectivity index (χ1n) is 6.66. The molecule has 0 aliphatic heterocycles. The summed E-state index contributed by atoms with van der Waals surface area (Å²) in [7, 11) is 0. The van der Waals surface area contributed by atoms with Crippen molar-refractivity contribution in [2.45, 2.75) is 19.1 Å². The second-order valence-electron chi connectivity index (χ2n) is 4.96. The molecule has 0 atom stereocenters. The Hall–Kier alpha value is -2.41. The van der Waals surface area contributed by atoms with Gasteiger partial charge in [-0.05, 0) is 29.3 Å². The number of pyridine rings is 1. The first-order valence-corrected chi connectivity index (χ1v) is 6.66. The maximum absolute atomic E-state index is 12.6. The number of rotatable bonds is 3. The maximum Gasteiger partial charge on any atom is 0.416 e. The number of alkyl halides is 3. The lowest BCUT2D eigenvalue weighted by Crippen LogP contribution is -2.05. The highest BCUT2D eigenvalue weighted by atomic mass is 19.4. The Kier molecular flexibility index (Phi) is 3.58. The van der Waals surface area contributed by atoms with Gasteiger partial charge in [0.25, 0.3) is 0 Å². The predicted octanol–water partition coefficient (Wildman–Crippen LogP) is 2.80. The van der Waals surface area contributed by atoms with Crippen molar-refractivity contribution in [2.75, 3.05) is 0 Å². The number of hydrogen-bond donors (Lipinski definition) is 1. The Bertz CT molecular complexity index is 791. The van der Waals surface area contributed by atoms with E-state index in [1.807, 2.05) is 18.3 Å². The van der Waals surface area contributed by atoms with E-state index in [0.29, 0.717) is 24.4 Å². The van der Waals surface area contributed by atoms with Crippen LogP contribution in [0.1, 0.15) is 22.5 Å². The zero-order valence-electron chi connectivity index (χ0n) is 11.5. The van der Waals surface area contributed by atoms with Crippen molar-refractivity contribution in [2.24, 2.45) is 5.73 Å². The Morgan fingerprint density at radius 2 is 1.64 bits per heavy atom. The lowest BCUT2D eigenvalue weighted by Gasteiger charge is -2.07. The highest BCUT2D eigenvalue weighted by Crippen LogP contribution is 2.29. The van der Waals surface area contributed by atoms with Gasteiger partial charge in [0.1, 0.15) is 5.82 Å². The molecule has 22 heavy (non-hydrogen) atoms. The molecule has 7 heteroatoms. The molecule has 0 bridgehead atoms. The highest BCUT2D eigenvalue weighted by molar-refractivity contribution is 5.40. The van der Waals surface area contributed by atoms with Gasteiger partial charge in [-0.25, -0.2) is 0 Å². The van der Waals surface area contributed by atoms with Gasteiger partial charge in [-0.15, -0.1) is 10.2 Å². The molecule has 3 rings (SSSR count). The first-order chi connectivity index (χ1) is 10.5. The van der Waals surface area contributed by atoms with E-state index in [0.717, 1.165) is 23.3 Å². The molecule has 114 valence electrons. The van der Waals surface area contributed by atoms with Crippen molar-refractivity contribution >= 4 is 5.65 Å². The van der Waals surface area contributed by atoms with Gasteiger partial charge in [-0.3, -0.25) is 4.40 Å². The summed E-state index contributed by atoms with van der Waals surface area (Å²) in [5.41, 5.74) is 7.30. The van der Waals surface area contributed by atoms with Crippen LogP contribution in [0, 0.1) is 0 Å². The molecule has 0 saturated heterocycles. The Morgan fingerprint density at radius 3 is 2.27 bits per heavy atom. The molecule has 0 amide bonds. The molecule has 2 heterocycles. The minimum Gasteiger partial charge on any atom is -0.326 e. The normalized spacial score (nSPS) is 12.0. The average molecular weight is 306 g/mol. The standard InChI is InChI=1S/C15H13F3N4/c16-15(17,18)12-4-1-10(2-5-12)7-14-21-20-13-6-3-11(8-19)9-22(13)14/h1-6,9H,7-8,19H2. The second kappa shape index (κ2) is 5.42. The molecule has 0 aliphatic rings. The Labute approximate surface area is 124 Å². The molecule has 0 aliphatic carbocycles. The fourth-order valence-corrected chi connectivity index (χ4v) is 2.22. The molecular weight excluding hydrogens is 293 g/mol. The van der Waals surface area contributed by atoms with E-state index in [9.17, 15) is 13.2 Å². The van der Waals surface area contributed by atoms with Gasteiger partial charge in [0.2, 0.25) is 0 Å². The summed E-state index contributed by atoms with van der Waals surface area (Å²) < 4.78 is 39.5. The average Bonchev–Trinajstić information content (AvgIpc) is 2.89. The van der Waals surface area contributed by atoms with Gasteiger partial charge in [0, 0.05) is 19.2 Å². The van der Waals surface area contributed by atoms with Crippen LogP contribution in [0.2, 0.25) is 0 Å². The van der Waals surface area contributed by atoms with Crippen LogP contribution in [0.25, 0.3) is 5.65 Å². The fourth-order valence-electron chi connectivity index (χ4n) is 2.22. The molecule has 4 nitrogen and oxygen atoms in total. The minimum absolute atomic E-state index is 0.396. The molecule has 0 unspecified atom stereocenters. The minimum atomic E-state index is -4.32. The summed E-state index contributed by atoms with van der Waals surface area (Å²) in [5, 5.41) is 8.13. The number of nitrogens with zero attached hydrogens (tertiary/aromatic N) is 3. The monoisotopic (exact) mass is 306 g/mol. The zero-order chi connectivity index (χ0) is 15.7. The van der Waals surface area contributed by atoms with E-state index in [1.165, 1.54) is 12.1 Å². The van der Waals surface area contributed by atoms with Crippen molar-refractivity contribution < 1.29 is 13.2 Å². The molecule has 0 saturated carbocycles. The van der Waals surface area contributed by atoms with Gasteiger partial charge in [0.05, 0.1) is 5.56 Å². The van der Waals surface area contributed by atoms with Gasteiger partial charge >= 0.3 is 6.18 Å². The van der Waals surface area contributed by atoms with Crippen LogP contribution in [0.3, 0.4) is 0 Å². The van der Waals surface area contributed by atoms with E-state index in [4.69, 9.17) is 5.73 Å². The van der Waals surface area contributed by atoms with E-state index in [2.05, 4.69) is 10.2 Å². The summed E-state index contributed by atoms with van der Waals surface area (Å²) in [5.74, 6) is 0.657. The summed E-state index contributed by atoms with van der Waals surface area (Å²) in [6.45, 7) is 0.397. The third-order valence-electron chi connectivity index (χ3n) is 3.41. The third kappa shape index (κ3) is 2.80. The largest absolute Gasteiger partial charge is 0.416 e. The van der Waals surface area contributed by atoms with Crippen molar-refractivity contribution in [3.05, 3.63) is 65.1 Å². The summed E-state index contributed by atoms with van der Waals surface area (Å²) in [6, 6.07) is 8.73. The summed E-state index contributed by atoms with van der Waals surface area (Å²) in [6.07, 6.45) is -2.09. The van der Waals surface area contributed by atoms with E-state index >= 15 is 0 Å². The SMILES string of the molecule is NCc1ccc2nnc(Cc3ccc(C(F)(F)F)cc3)n2c1. The zero-order valence-corrected chi connectivity index (χ0v) is 11.5. The molecule has 1 aromatic carbocycles. The van der Waals surface area contributed by atoms with Gasteiger partial charge in [-0.1, -0.05) is 18.2 Å². The molecule has 2 aromatic heterocycles. The second-order valence-corrected chi connectivity index (χ2v) is 4.96. The van der Waals surface area contributed by atoms with Crippen molar-refractivity contribution in [3.63, 3.8) is 0 Å². The lowest BCUT2D eigenvalue weighted by molar-refractivity contribution is -0.137. The van der Waals surface area contributed by atoms with Crippen LogP contribution >= 0.6 is 0 Å². The van der Waals surface area contributed by atoms with Crippen molar-refractivity contribution in [1.82, 2.24) is 14.6 Å². The van der Waals surface area contributed by atoms with Crippen molar-refractivity contribution in [3.8, 4) is 0 Å². The smallest absolute Gasteiger partial charge is 0.326 e. The van der Waals surface area contributed by atoms with Gasteiger partial charge in [-0.2, -0.15) is 13.2 Å². The number of aromatic nitrogens is 3. The fraction of sp³-hybridized carbons (Fsp3) is 0.200. The van der Waals surface area contributed by atoms with Crippen LogP contribution in [0.4, 0.5) is 13.2 Å². The molecule has 0 spiro atoms. The third-order valence-corrected chi connectivity index (χ3v) is 3.41. The number of halogens is 3. The molecule has 2 N–H and O–H groups in total. The Morgan fingerprint density at radius 1 is 0.955 bits per heavy atom. The molecule has 3 aromatic rings. The van der Waals surface area contributed by atoms with Gasteiger partial charge in [0.15, 0.2) is 5.65 Å². The van der Waals surface area contributed by atoms with Crippen LogP contribution in [0.5, 0.6) is 0 Å². The lowest BCUT2D eigenvalue weighted by atomic mass is 10.1. The van der Waals surface area contributed by atoms with Crippen LogP contribution in [0.15, 0.2) is 42.6 Å². The summed E-state index contributed by atoms with van der Waals surface area (Å²) in [4.78, 5) is 0. The van der Waals surface area contributed by atoms with Crippen LogP contribution in [-0.2, 0) is 19.1 Å². The summed E-state index contributed by atoms with van der Waals surface area (Å²) >= 11 is 0. The number of benzene rings is 1. The topological polar surface area (TPSA) is 56.2 Å². The van der Waals surface area contributed by atoms with E-state index < -0.39 is 11.7 Å². The van der Waals surface area contributed by atoms with E-state index in [1.54, 1.807) is 4.40 Å². The maximum atomic E-state index is 12.6. The highest BCUT2D eigenvalue weighted by Gasteiger charge is 2.29. The first kappa shape index (κ1) is 14.5. The quantitative estimate of drug-likeness (QED) is 0.809. The molecule has 0 radical (unpaired) electrons. The van der Waals surface area contributed by atoms with Crippen LogP contribution in [-0.4, -0.2) is 14.6 Å².